The van der Waals surface area contributed by atoms with E-state index in [0.29, 0.717) is 6.42 Å². The number of allylic oxidation sites excluding steroid dienone is 1. The minimum absolute atomic E-state index is 0.0383. The third-order valence-corrected chi connectivity index (χ3v) is 10.4. The SMILES string of the molecule is C=CC[Si@@]1(c2ccccc2)C[C@@](C)(CC=O)c2ccccc21. The second kappa shape index (κ2) is 5.69. The predicted octanol–water partition coefficient (Wildman–Crippen LogP) is 3.30. The van der Waals surface area contributed by atoms with Crippen LogP contribution in [0.15, 0.2) is 67.3 Å². The van der Waals surface area contributed by atoms with Gasteiger partial charge in [-0.2, -0.15) is 0 Å². The average Bonchev–Trinajstić information content (AvgIpc) is 2.80. The molecule has 0 amide bonds. The molecule has 0 saturated heterocycles. The third-order valence-electron chi connectivity index (χ3n) is 5.14. The first kappa shape index (κ1) is 15.0. The van der Waals surface area contributed by atoms with E-state index in [-0.39, 0.29) is 5.41 Å². The number of fused-ring (bicyclic) bond motifs is 1. The molecule has 3 rings (SSSR count). The fourth-order valence-corrected chi connectivity index (χ4v) is 9.82. The quantitative estimate of drug-likeness (QED) is 0.471. The van der Waals surface area contributed by atoms with Gasteiger partial charge in [-0.3, -0.25) is 0 Å². The Bertz CT molecular complexity index is 694. The molecule has 112 valence electrons. The molecule has 0 N–H and O–H groups in total. The Morgan fingerprint density at radius 3 is 2.50 bits per heavy atom. The van der Waals surface area contributed by atoms with Crippen LogP contribution in [-0.4, -0.2) is 14.4 Å². The van der Waals surface area contributed by atoms with Crippen LogP contribution in [0.3, 0.4) is 0 Å². The van der Waals surface area contributed by atoms with Crippen molar-refractivity contribution in [3.63, 3.8) is 0 Å². The molecule has 1 heterocycles. The normalized spacial score (nSPS) is 26.4. The van der Waals surface area contributed by atoms with Crippen LogP contribution in [0.2, 0.25) is 12.1 Å². The molecule has 0 bridgehead atoms. The molecule has 0 radical (unpaired) electrons. The smallest absolute Gasteiger partial charge is 0.123 e. The third kappa shape index (κ3) is 2.19. The highest BCUT2D eigenvalue weighted by molar-refractivity contribution is 7.03. The number of carbonyl (C=O) groups is 1. The fourth-order valence-electron chi connectivity index (χ4n) is 4.21. The molecule has 0 unspecified atom stereocenters. The summed E-state index contributed by atoms with van der Waals surface area (Å²) in [6, 6.07) is 21.7. The lowest BCUT2D eigenvalue weighted by Crippen LogP contribution is -2.55. The minimum atomic E-state index is -1.88. The largest absolute Gasteiger partial charge is 0.303 e. The first-order chi connectivity index (χ1) is 10.7. The van der Waals surface area contributed by atoms with E-state index in [4.69, 9.17) is 0 Å². The van der Waals surface area contributed by atoms with Crippen LogP contribution < -0.4 is 10.4 Å². The average molecular weight is 306 g/mol. The van der Waals surface area contributed by atoms with Crippen LogP contribution in [0.25, 0.3) is 0 Å². The second-order valence-electron chi connectivity index (χ2n) is 6.59. The molecule has 22 heavy (non-hydrogen) atoms. The van der Waals surface area contributed by atoms with Crippen LogP contribution in [-0.2, 0) is 10.2 Å². The van der Waals surface area contributed by atoms with Crippen molar-refractivity contribution < 1.29 is 4.79 Å². The zero-order valence-electron chi connectivity index (χ0n) is 13.1. The summed E-state index contributed by atoms with van der Waals surface area (Å²) in [5.74, 6) is 0. The maximum atomic E-state index is 11.3. The van der Waals surface area contributed by atoms with Gasteiger partial charge in [-0.1, -0.05) is 78.0 Å². The molecular weight excluding hydrogens is 284 g/mol. The van der Waals surface area contributed by atoms with Gasteiger partial charge in [0.05, 0.1) is 0 Å². The summed E-state index contributed by atoms with van der Waals surface area (Å²) >= 11 is 0. The van der Waals surface area contributed by atoms with Gasteiger partial charge in [0.15, 0.2) is 0 Å². The Balaban J connectivity index is 2.24. The van der Waals surface area contributed by atoms with E-state index in [1.54, 1.807) is 0 Å². The van der Waals surface area contributed by atoms with E-state index in [1.807, 2.05) is 0 Å². The maximum Gasteiger partial charge on any atom is 0.123 e. The van der Waals surface area contributed by atoms with Gasteiger partial charge in [0.1, 0.15) is 14.4 Å². The number of carbonyl (C=O) groups excluding carboxylic acids is 1. The van der Waals surface area contributed by atoms with E-state index >= 15 is 0 Å². The monoisotopic (exact) mass is 306 g/mol. The van der Waals surface area contributed by atoms with Gasteiger partial charge in [0.25, 0.3) is 0 Å². The summed E-state index contributed by atoms with van der Waals surface area (Å²) in [7, 11) is -1.88. The lowest BCUT2D eigenvalue weighted by atomic mass is 9.82. The summed E-state index contributed by atoms with van der Waals surface area (Å²) in [4.78, 5) is 11.3. The summed E-state index contributed by atoms with van der Waals surface area (Å²) in [6.07, 6.45) is 3.76. The van der Waals surface area contributed by atoms with Crippen molar-refractivity contribution >= 4 is 24.7 Å². The molecule has 2 aromatic carbocycles. The Morgan fingerprint density at radius 1 is 1.14 bits per heavy atom. The first-order valence-corrected chi connectivity index (χ1v) is 10.3. The van der Waals surface area contributed by atoms with E-state index in [1.165, 1.54) is 15.9 Å². The Hall–Kier alpha value is -1.93. The minimum Gasteiger partial charge on any atom is -0.303 e. The van der Waals surface area contributed by atoms with Crippen molar-refractivity contribution in [1.29, 1.82) is 0 Å². The van der Waals surface area contributed by atoms with Crippen LogP contribution in [0.1, 0.15) is 18.9 Å². The van der Waals surface area contributed by atoms with Crippen molar-refractivity contribution in [1.82, 2.24) is 0 Å². The lowest BCUT2D eigenvalue weighted by molar-refractivity contribution is -0.108. The van der Waals surface area contributed by atoms with Gasteiger partial charge in [-0.05, 0) is 23.1 Å². The van der Waals surface area contributed by atoms with Crippen LogP contribution >= 0.6 is 0 Å². The molecule has 0 saturated carbocycles. The Morgan fingerprint density at radius 2 is 1.82 bits per heavy atom. The molecule has 2 aromatic rings. The zero-order valence-corrected chi connectivity index (χ0v) is 14.1. The molecule has 1 nitrogen and oxygen atoms in total. The summed E-state index contributed by atoms with van der Waals surface area (Å²) < 4.78 is 0. The molecule has 0 aliphatic carbocycles. The van der Waals surface area contributed by atoms with Crippen molar-refractivity contribution in [2.24, 2.45) is 0 Å². The van der Waals surface area contributed by atoms with E-state index < -0.39 is 8.07 Å². The molecule has 2 heteroatoms. The molecule has 1 aliphatic rings. The maximum absolute atomic E-state index is 11.3. The van der Waals surface area contributed by atoms with Gasteiger partial charge in [0.2, 0.25) is 0 Å². The van der Waals surface area contributed by atoms with E-state index in [0.717, 1.165) is 18.4 Å². The summed E-state index contributed by atoms with van der Waals surface area (Å²) in [5, 5.41) is 2.95. The van der Waals surface area contributed by atoms with E-state index in [9.17, 15) is 4.79 Å². The topological polar surface area (TPSA) is 17.1 Å². The Labute approximate surface area is 133 Å². The molecule has 0 spiro atoms. The van der Waals surface area contributed by atoms with Crippen LogP contribution in [0.4, 0.5) is 0 Å². The molecule has 0 fully saturated rings. The van der Waals surface area contributed by atoms with Gasteiger partial charge in [-0.25, -0.2) is 0 Å². The molecule has 2 atom stereocenters. The molecule has 0 aromatic heterocycles. The van der Waals surface area contributed by atoms with Crippen molar-refractivity contribution in [3.05, 3.63) is 72.8 Å². The highest BCUT2D eigenvalue weighted by atomic mass is 28.3. The zero-order chi connectivity index (χ0) is 15.6. The van der Waals surface area contributed by atoms with Gasteiger partial charge in [-0.15, -0.1) is 6.58 Å². The second-order valence-corrected chi connectivity index (χ2v) is 10.6. The van der Waals surface area contributed by atoms with Crippen LogP contribution in [0.5, 0.6) is 0 Å². The summed E-state index contributed by atoms with van der Waals surface area (Å²) in [5.41, 5.74) is 1.34. The first-order valence-electron chi connectivity index (χ1n) is 7.86. The van der Waals surface area contributed by atoms with Gasteiger partial charge < -0.3 is 4.79 Å². The summed E-state index contributed by atoms with van der Waals surface area (Å²) in [6.45, 7) is 6.28. The number of rotatable bonds is 5. The Kier molecular flexibility index (Phi) is 3.88. The van der Waals surface area contributed by atoms with Crippen molar-refractivity contribution in [3.8, 4) is 0 Å². The van der Waals surface area contributed by atoms with Crippen LogP contribution in [0, 0.1) is 0 Å². The van der Waals surface area contributed by atoms with E-state index in [2.05, 4.69) is 74.2 Å². The fraction of sp³-hybridized carbons (Fsp3) is 0.250. The number of hydrogen-bond acceptors (Lipinski definition) is 1. The van der Waals surface area contributed by atoms with Gasteiger partial charge >= 0.3 is 0 Å². The van der Waals surface area contributed by atoms with Crippen molar-refractivity contribution in [2.75, 3.05) is 0 Å². The number of benzene rings is 2. The lowest BCUT2D eigenvalue weighted by Gasteiger charge is -2.30. The number of aldehydes is 1. The predicted molar refractivity (Wildman–Crippen MR) is 95.8 cm³/mol. The highest BCUT2D eigenvalue weighted by Gasteiger charge is 2.51. The number of hydrogen-bond donors (Lipinski definition) is 0. The standard InChI is InChI=1S/C20H22OSi/c1-3-15-22(17-9-5-4-6-10-17)16-20(2,13-14-21)18-11-7-8-12-19(18)22/h3-12,14H,1,13,15-16H2,2H3/t20-,22+/m1/s1. The van der Waals surface area contributed by atoms with Gasteiger partial charge in [0, 0.05) is 6.42 Å². The highest BCUT2D eigenvalue weighted by Crippen LogP contribution is 2.43. The molecular formula is C20H22OSi. The van der Waals surface area contributed by atoms with Crippen molar-refractivity contribution in [2.45, 2.75) is 30.8 Å². The molecule has 1 aliphatic heterocycles.